The Hall–Kier alpha value is -0.570. The molecule has 0 radical (unpaired) electrons. The summed E-state index contributed by atoms with van der Waals surface area (Å²) in [5.74, 6) is 0.934. The highest BCUT2D eigenvalue weighted by Crippen LogP contribution is 2.50. The molecule has 1 N–H and O–H groups in total. The maximum Gasteiger partial charge on any atom is 0.241 e. The number of carbonyl (C=O) groups is 1. The monoisotopic (exact) mass is 280 g/mol. The summed E-state index contributed by atoms with van der Waals surface area (Å²) in [7, 11) is 0. The first-order chi connectivity index (χ1) is 9.51. The minimum Gasteiger partial charge on any atom is -0.325 e. The molecule has 2 rings (SSSR count). The van der Waals surface area contributed by atoms with Crippen LogP contribution in [0.25, 0.3) is 0 Å². The molecule has 0 bridgehead atoms. The molecule has 2 atom stereocenters. The lowest BCUT2D eigenvalue weighted by Crippen LogP contribution is -2.41. The maximum atomic E-state index is 12.7. The Morgan fingerprint density at radius 2 is 2.00 bits per heavy atom. The number of hydrogen-bond acceptors (Lipinski definition) is 2. The van der Waals surface area contributed by atoms with Crippen LogP contribution >= 0.6 is 0 Å². The van der Waals surface area contributed by atoms with Gasteiger partial charge in [-0.3, -0.25) is 10.1 Å². The van der Waals surface area contributed by atoms with Crippen molar-refractivity contribution in [3.05, 3.63) is 0 Å². The van der Waals surface area contributed by atoms with Crippen LogP contribution in [0.5, 0.6) is 0 Å². The second-order valence-electron chi connectivity index (χ2n) is 7.37. The zero-order chi connectivity index (χ0) is 14.8. The van der Waals surface area contributed by atoms with Gasteiger partial charge < -0.3 is 4.90 Å². The van der Waals surface area contributed by atoms with Gasteiger partial charge >= 0.3 is 0 Å². The normalized spacial score (nSPS) is 28.4. The van der Waals surface area contributed by atoms with Crippen LogP contribution in [0.3, 0.4) is 0 Å². The van der Waals surface area contributed by atoms with Crippen molar-refractivity contribution in [3.63, 3.8) is 0 Å². The Morgan fingerprint density at radius 3 is 2.50 bits per heavy atom. The summed E-state index contributed by atoms with van der Waals surface area (Å²) < 4.78 is 0. The fourth-order valence-electron chi connectivity index (χ4n) is 3.64. The second kappa shape index (κ2) is 6.46. The molecule has 116 valence electrons. The first kappa shape index (κ1) is 15.8. The predicted molar refractivity (Wildman–Crippen MR) is 83.4 cm³/mol. The van der Waals surface area contributed by atoms with Crippen LogP contribution in [0, 0.1) is 11.3 Å². The van der Waals surface area contributed by atoms with Crippen molar-refractivity contribution >= 4 is 5.91 Å². The van der Waals surface area contributed by atoms with Gasteiger partial charge in [0.05, 0.1) is 12.2 Å². The first-order valence-corrected chi connectivity index (χ1v) is 8.58. The fourth-order valence-corrected chi connectivity index (χ4v) is 3.64. The molecule has 0 aromatic heterocycles. The molecule has 3 nitrogen and oxygen atoms in total. The van der Waals surface area contributed by atoms with Crippen molar-refractivity contribution in [1.29, 1.82) is 0 Å². The van der Waals surface area contributed by atoms with E-state index in [0.717, 1.165) is 25.8 Å². The van der Waals surface area contributed by atoms with Crippen LogP contribution in [0.1, 0.15) is 72.6 Å². The van der Waals surface area contributed by atoms with Crippen LogP contribution in [0.4, 0.5) is 0 Å². The van der Waals surface area contributed by atoms with Crippen molar-refractivity contribution in [1.82, 2.24) is 10.2 Å². The quantitative estimate of drug-likeness (QED) is 0.737. The summed E-state index contributed by atoms with van der Waals surface area (Å²) in [6.07, 6.45) is 8.63. The molecule has 20 heavy (non-hydrogen) atoms. The summed E-state index contributed by atoms with van der Waals surface area (Å²) in [6, 6.07) is 0.0592. The third-order valence-electron chi connectivity index (χ3n) is 4.86. The van der Waals surface area contributed by atoms with Crippen molar-refractivity contribution < 1.29 is 4.79 Å². The molecule has 1 amide bonds. The van der Waals surface area contributed by atoms with Crippen LogP contribution in [-0.4, -0.2) is 29.6 Å². The molecule has 3 heteroatoms. The molecule has 1 saturated carbocycles. The SMILES string of the molecule is CCCC1NC(CC(C)C)C(=O)N1CC1(CCC)CC1. The standard InChI is InChI=1S/C17H32N2O/c1-5-7-15-18-14(11-13(3)4)16(20)19(15)12-17(8-6-2)9-10-17/h13-15,18H,5-12H2,1-4H3. The maximum absolute atomic E-state index is 12.7. The van der Waals surface area contributed by atoms with Gasteiger partial charge in [-0.15, -0.1) is 0 Å². The Bertz CT molecular complexity index is 336. The lowest BCUT2D eigenvalue weighted by Gasteiger charge is -2.28. The lowest BCUT2D eigenvalue weighted by atomic mass is 9.99. The highest BCUT2D eigenvalue weighted by Gasteiger charge is 2.48. The Morgan fingerprint density at radius 1 is 1.30 bits per heavy atom. The van der Waals surface area contributed by atoms with Gasteiger partial charge in [-0.05, 0) is 43.4 Å². The van der Waals surface area contributed by atoms with Gasteiger partial charge in [-0.2, -0.15) is 0 Å². The smallest absolute Gasteiger partial charge is 0.241 e. The molecule has 2 unspecified atom stereocenters. The van der Waals surface area contributed by atoms with E-state index in [-0.39, 0.29) is 12.2 Å². The number of nitrogens with zero attached hydrogens (tertiary/aromatic N) is 1. The first-order valence-electron chi connectivity index (χ1n) is 8.58. The highest BCUT2D eigenvalue weighted by molar-refractivity contribution is 5.84. The molecular weight excluding hydrogens is 248 g/mol. The van der Waals surface area contributed by atoms with Crippen LogP contribution in [0.15, 0.2) is 0 Å². The molecule has 1 aliphatic carbocycles. The van der Waals surface area contributed by atoms with Crippen molar-refractivity contribution in [2.75, 3.05) is 6.54 Å². The molecule has 0 aromatic rings. The van der Waals surface area contributed by atoms with Gasteiger partial charge in [-0.25, -0.2) is 0 Å². The van der Waals surface area contributed by atoms with Crippen molar-refractivity contribution in [2.45, 2.75) is 84.8 Å². The van der Waals surface area contributed by atoms with E-state index in [4.69, 9.17) is 0 Å². The minimum absolute atomic E-state index is 0.0592. The molecule has 0 aromatic carbocycles. The van der Waals surface area contributed by atoms with Crippen LogP contribution in [-0.2, 0) is 4.79 Å². The zero-order valence-electron chi connectivity index (χ0n) is 13.7. The molecular formula is C17H32N2O. The number of hydrogen-bond donors (Lipinski definition) is 1. The van der Waals surface area contributed by atoms with E-state index in [0.29, 0.717) is 17.2 Å². The number of carbonyl (C=O) groups excluding carboxylic acids is 1. The average Bonchev–Trinajstić information content (AvgIpc) is 3.08. The Labute approximate surface area is 124 Å². The van der Waals surface area contributed by atoms with E-state index in [1.807, 2.05) is 0 Å². The molecule has 2 aliphatic rings. The number of nitrogens with one attached hydrogen (secondary N) is 1. The molecule has 2 fully saturated rings. The second-order valence-corrected chi connectivity index (χ2v) is 7.37. The third-order valence-corrected chi connectivity index (χ3v) is 4.86. The largest absolute Gasteiger partial charge is 0.325 e. The van der Waals surface area contributed by atoms with E-state index in [2.05, 4.69) is 37.9 Å². The van der Waals surface area contributed by atoms with E-state index >= 15 is 0 Å². The number of amides is 1. The lowest BCUT2D eigenvalue weighted by molar-refractivity contribution is -0.131. The Balaban J connectivity index is 2.01. The van der Waals surface area contributed by atoms with Crippen molar-refractivity contribution in [3.8, 4) is 0 Å². The van der Waals surface area contributed by atoms with E-state index < -0.39 is 0 Å². The Kier molecular flexibility index (Phi) is 5.11. The molecule has 1 heterocycles. The van der Waals surface area contributed by atoms with Gasteiger partial charge in [0, 0.05) is 6.54 Å². The van der Waals surface area contributed by atoms with Gasteiger partial charge in [-0.1, -0.05) is 40.5 Å². The predicted octanol–water partition coefficient (Wildman–Crippen LogP) is 3.54. The highest BCUT2D eigenvalue weighted by atomic mass is 16.2. The summed E-state index contributed by atoms with van der Waals surface area (Å²) >= 11 is 0. The van der Waals surface area contributed by atoms with Crippen molar-refractivity contribution in [2.24, 2.45) is 11.3 Å². The summed E-state index contributed by atoms with van der Waals surface area (Å²) in [5, 5.41) is 3.59. The van der Waals surface area contributed by atoms with Gasteiger partial charge in [0.1, 0.15) is 0 Å². The van der Waals surface area contributed by atoms with E-state index in [1.54, 1.807) is 0 Å². The topological polar surface area (TPSA) is 32.3 Å². The zero-order valence-corrected chi connectivity index (χ0v) is 13.7. The van der Waals surface area contributed by atoms with E-state index in [1.165, 1.54) is 25.7 Å². The van der Waals surface area contributed by atoms with Gasteiger partial charge in [0.25, 0.3) is 0 Å². The minimum atomic E-state index is 0.0592. The summed E-state index contributed by atoms with van der Waals surface area (Å²) in [4.78, 5) is 14.9. The van der Waals surface area contributed by atoms with Crippen LogP contribution < -0.4 is 5.32 Å². The summed E-state index contributed by atoms with van der Waals surface area (Å²) in [5.41, 5.74) is 0.463. The number of rotatable bonds is 8. The fraction of sp³-hybridized carbons (Fsp3) is 0.941. The molecule has 1 saturated heterocycles. The molecule has 1 aliphatic heterocycles. The van der Waals surface area contributed by atoms with Gasteiger partial charge in [0.15, 0.2) is 0 Å². The third kappa shape index (κ3) is 3.55. The summed E-state index contributed by atoms with van der Waals surface area (Å²) in [6.45, 7) is 9.86. The van der Waals surface area contributed by atoms with Crippen LogP contribution in [0.2, 0.25) is 0 Å². The van der Waals surface area contributed by atoms with E-state index in [9.17, 15) is 4.79 Å². The van der Waals surface area contributed by atoms with Gasteiger partial charge in [0.2, 0.25) is 5.91 Å². The molecule has 0 spiro atoms. The average molecular weight is 280 g/mol.